The maximum absolute atomic E-state index is 12.6. The molecule has 0 aliphatic carbocycles. The van der Waals surface area contributed by atoms with E-state index in [0.717, 1.165) is 12.0 Å². The number of piperidine rings is 1. The summed E-state index contributed by atoms with van der Waals surface area (Å²) in [4.78, 5) is 37.9. The van der Waals surface area contributed by atoms with E-state index in [1.54, 1.807) is 24.0 Å². The van der Waals surface area contributed by atoms with Gasteiger partial charge in [-0.15, -0.1) is 11.3 Å². The second-order valence-corrected chi connectivity index (χ2v) is 7.26. The molecule has 0 bridgehead atoms. The summed E-state index contributed by atoms with van der Waals surface area (Å²) in [6.07, 6.45) is 1.44. The van der Waals surface area contributed by atoms with Crippen LogP contribution in [0, 0.1) is 23.0 Å². The molecule has 2 aromatic rings. The third-order valence-corrected chi connectivity index (χ3v) is 5.36. The zero-order valence-corrected chi connectivity index (χ0v) is 15.1. The fraction of sp³-hybridized carbons (Fsp3) is 0.333. The highest BCUT2D eigenvalue weighted by atomic mass is 32.1. The van der Waals surface area contributed by atoms with Crippen molar-refractivity contribution in [3.8, 4) is 0 Å². The molecule has 8 heteroatoms. The smallest absolute Gasteiger partial charge is 0.271 e. The molecule has 26 heavy (non-hydrogen) atoms. The first kappa shape index (κ1) is 18.1. The van der Waals surface area contributed by atoms with Gasteiger partial charge in [0.05, 0.1) is 21.4 Å². The second kappa shape index (κ2) is 7.65. The Bertz CT molecular complexity index is 835. The third-order valence-electron chi connectivity index (χ3n) is 4.50. The van der Waals surface area contributed by atoms with Gasteiger partial charge in [-0.25, -0.2) is 0 Å². The topological polar surface area (TPSA) is 92.6 Å². The van der Waals surface area contributed by atoms with Gasteiger partial charge in [-0.1, -0.05) is 12.1 Å². The Kier molecular flexibility index (Phi) is 5.32. The molecule has 3 rings (SSSR count). The first-order chi connectivity index (χ1) is 12.5. The molecule has 1 unspecified atom stereocenters. The fourth-order valence-corrected chi connectivity index (χ4v) is 3.72. The van der Waals surface area contributed by atoms with E-state index in [1.165, 1.54) is 23.5 Å². The first-order valence-corrected chi connectivity index (χ1v) is 9.22. The van der Waals surface area contributed by atoms with Gasteiger partial charge in [0.15, 0.2) is 0 Å². The van der Waals surface area contributed by atoms with Crippen LogP contribution in [0.4, 0.5) is 11.4 Å². The summed E-state index contributed by atoms with van der Waals surface area (Å²) >= 11 is 1.39. The molecule has 2 amide bonds. The third kappa shape index (κ3) is 3.91. The number of benzene rings is 1. The Morgan fingerprint density at radius 3 is 2.85 bits per heavy atom. The molecule has 136 valence electrons. The zero-order valence-electron chi connectivity index (χ0n) is 14.3. The van der Waals surface area contributed by atoms with E-state index in [4.69, 9.17) is 0 Å². The average molecular weight is 373 g/mol. The predicted octanol–water partition coefficient (Wildman–Crippen LogP) is 3.46. The van der Waals surface area contributed by atoms with E-state index >= 15 is 0 Å². The number of non-ortho nitro benzene ring substituents is 1. The Hall–Kier alpha value is -2.74. The molecule has 0 saturated carbocycles. The molecule has 1 fully saturated rings. The number of aryl methyl sites for hydroxylation is 1. The molecule has 0 radical (unpaired) electrons. The van der Waals surface area contributed by atoms with E-state index in [9.17, 15) is 19.7 Å². The number of rotatable bonds is 4. The number of nitro benzene ring substituents is 1. The van der Waals surface area contributed by atoms with Crippen molar-refractivity contribution >= 4 is 34.5 Å². The van der Waals surface area contributed by atoms with E-state index in [-0.39, 0.29) is 23.4 Å². The van der Waals surface area contributed by atoms with Gasteiger partial charge < -0.3 is 10.2 Å². The summed E-state index contributed by atoms with van der Waals surface area (Å²) in [5.74, 6) is -0.590. The van der Waals surface area contributed by atoms with Gasteiger partial charge in [-0.05, 0) is 36.8 Å². The summed E-state index contributed by atoms with van der Waals surface area (Å²) in [6, 6.07) is 8.00. The summed E-state index contributed by atoms with van der Waals surface area (Å²) < 4.78 is 0. The second-order valence-electron chi connectivity index (χ2n) is 6.31. The van der Waals surface area contributed by atoms with E-state index in [0.29, 0.717) is 30.1 Å². The largest absolute Gasteiger partial charge is 0.337 e. The summed E-state index contributed by atoms with van der Waals surface area (Å²) in [5.41, 5.74) is 1.13. The van der Waals surface area contributed by atoms with Crippen molar-refractivity contribution in [2.24, 2.45) is 5.92 Å². The summed E-state index contributed by atoms with van der Waals surface area (Å²) in [6.45, 7) is 2.78. The van der Waals surface area contributed by atoms with Crippen molar-refractivity contribution in [3.63, 3.8) is 0 Å². The average Bonchev–Trinajstić information content (AvgIpc) is 3.17. The molecule has 2 heterocycles. The van der Waals surface area contributed by atoms with Crippen molar-refractivity contribution in [1.82, 2.24) is 4.90 Å². The summed E-state index contributed by atoms with van der Waals surface area (Å²) in [5, 5.41) is 15.6. The number of hydrogen-bond donors (Lipinski definition) is 1. The molecule has 1 saturated heterocycles. The number of amides is 2. The lowest BCUT2D eigenvalue weighted by atomic mass is 9.96. The van der Waals surface area contributed by atoms with Crippen LogP contribution >= 0.6 is 11.3 Å². The van der Waals surface area contributed by atoms with E-state index in [1.807, 2.05) is 11.4 Å². The first-order valence-electron chi connectivity index (χ1n) is 8.34. The van der Waals surface area contributed by atoms with E-state index < -0.39 is 4.92 Å². The number of carbonyl (C=O) groups excluding carboxylic acids is 2. The quantitative estimate of drug-likeness (QED) is 0.656. The zero-order chi connectivity index (χ0) is 18.7. The van der Waals surface area contributed by atoms with Crippen LogP contribution in [-0.2, 0) is 4.79 Å². The van der Waals surface area contributed by atoms with Gasteiger partial charge in [-0.2, -0.15) is 0 Å². The maximum atomic E-state index is 12.6. The number of anilines is 1. The number of carbonyl (C=O) groups is 2. The monoisotopic (exact) mass is 373 g/mol. The number of thiophene rings is 1. The lowest BCUT2D eigenvalue weighted by Crippen LogP contribution is -2.43. The molecule has 1 aliphatic rings. The Balaban J connectivity index is 1.69. The van der Waals surface area contributed by atoms with Crippen LogP contribution in [-0.4, -0.2) is 34.7 Å². The van der Waals surface area contributed by atoms with Crippen LogP contribution in [0.3, 0.4) is 0 Å². The van der Waals surface area contributed by atoms with Gasteiger partial charge in [0, 0.05) is 25.2 Å². The van der Waals surface area contributed by atoms with Crippen LogP contribution in [0.2, 0.25) is 0 Å². The number of nitrogens with zero attached hydrogens (tertiary/aromatic N) is 2. The molecule has 1 aromatic heterocycles. The minimum absolute atomic E-state index is 0.0518. The van der Waals surface area contributed by atoms with Crippen molar-refractivity contribution in [3.05, 3.63) is 56.3 Å². The van der Waals surface area contributed by atoms with Crippen LogP contribution in [0.5, 0.6) is 0 Å². The molecular weight excluding hydrogens is 354 g/mol. The number of nitro groups is 1. The lowest BCUT2D eigenvalue weighted by Gasteiger charge is -2.31. The van der Waals surface area contributed by atoms with Gasteiger partial charge >= 0.3 is 0 Å². The number of nitrogens with one attached hydrogen (secondary N) is 1. The van der Waals surface area contributed by atoms with Crippen LogP contribution in [0.15, 0.2) is 35.7 Å². The van der Waals surface area contributed by atoms with Crippen molar-refractivity contribution in [2.75, 3.05) is 18.4 Å². The number of likely N-dealkylation sites (tertiary alicyclic amines) is 1. The standard InChI is InChI=1S/C18H19N3O4S/c1-12-6-7-14(21(24)25)10-15(12)19-17(22)13-4-2-8-20(11-13)18(23)16-5-3-9-26-16/h3,5-7,9-10,13H,2,4,8,11H2,1H3,(H,19,22). The molecule has 0 spiro atoms. The lowest BCUT2D eigenvalue weighted by molar-refractivity contribution is -0.384. The SMILES string of the molecule is Cc1ccc([N+](=O)[O-])cc1NC(=O)C1CCCN(C(=O)c2cccs2)C1. The van der Waals surface area contributed by atoms with Gasteiger partial charge in [-0.3, -0.25) is 19.7 Å². The predicted molar refractivity (Wildman–Crippen MR) is 99.4 cm³/mol. The fourth-order valence-electron chi connectivity index (χ4n) is 3.02. The summed E-state index contributed by atoms with van der Waals surface area (Å²) in [7, 11) is 0. The van der Waals surface area contributed by atoms with Crippen LogP contribution in [0.1, 0.15) is 28.1 Å². The van der Waals surface area contributed by atoms with Gasteiger partial charge in [0.2, 0.25) is 5.91 Å². The van der Waals surface area contributed by atoms with Crippen LogP contribution < -0.4 is 5.32 Å². The van der Waals surface area contributed by atoms with Crippen molar-refractivity contribution < 1.29 is 14.5 Å². The molecule has 1 N–H and O–H groups in total. The maximum Gasteiger partial charge on any atom is 0.271 e. The Morgan fingerprint density at radius 1 is 1.35 bits per heavy atom. The minimum atomic E-state index is -0.489. The minimum Gasteiger partial charge on any atom is -0.337 e. The van der Waals surface area contributed by atoms with Crippen molar-refractivity contribution in [2.45, 2.75) is 19.8 Å². The molecule has 1 aliphatic heterocycles. The Labute approximate surface area is 154 Å². The highest BCUT2D eigenvalue weighted by Crippen LogP contribution is 2.25. The molecule has 7 nitrogen and oxygen atoms in total. The molecule has 1 atom stereocenters. The van der Waals surface area contributed by atoms with Gasteiger partial charge in [0.1, 0.15) is 0 Å². The van der Waals surface area contributed by atoms with E-state index in [2.05, 4.69) is 5.32 Å². The molecule has 1 aromatic carbocycles. The molecular formula is C18H19N3O4S. The van der Waals surface area contributed by atoms with Gasteiger partial charge in [0.25, 0.3) is 11.6 Å². The normalized spacial score (nSPS) is 17.0. The highest BCUT2D eigenvalue weighted by Gasteiger charge is 2.29. The van der Waals surface area contributed by atoms with Crippen molar-refractivity contribution in [1.29, 1.82) is 0 Å². The van der Waals surface area contributed by atoms with Crippen LogP contribution in [0.25, 0.3) is 0 Å². The number of hydrogen-bond acceptors (Lipinski definition) is 5. The Morgan fingerprint density at radius 2 is 2.15 bits per heavy atom. The highest BCUT2D eigenvalue weighted by molar-refractivity contribution is 7.12.